The summed E-state index contributed by atoms with van der Waals surface area (Å²) in [6, 6.07) is 2.75. The van der Waals surface area contributed by atoms with Crippen molar-refractivity contribution in [2.75, 3.05) is 0 Å². The number of aliphatic carboxylic acids is 1. The molecule has 0 aliphatic carbocycles. The number of carboxylic acid groups (broad SMARTS) is 1. The van der Waals surface area contributed by atoms with Crippen molar-refractivity contribution in [2.24, 2.45) is 5.73 Å². The second-order valence-electron chi connectivity index (χ2n) is 4.59. The van der Waals surface area contributed by atoms with Gasteiger partial charge in [-0.15, -0.1) is 0 Å². The van der Waals surface area contributed by atoms with Crippen LogP contribution in [0.2, 0.25) is 0 Å². The number of halogens is 3. The Hall–Kier alpha value is -1.87. The average molecular weight is 337 g/mol. The number of hydrogen-bond acceptors (Lipinski definition) is 4. The van der Waals surface area contributed by atoms with Crippen LogP contribution in [0.4, 0.5) is 13.2 Å². The summed E-state index contributed by atoms with van der Waals surface area (Å²) in [6.45, 7) is 3.42. The van der Waals surface area contributed by atoms with E-state index in [4.69, 9.17) is 10.8 Å². The molecule has 22 heavy (non-hydrogen) atoms. The van der Waals surface area contributed by atoms with Crippen LogP contribution in [0.15, 0.2) is 24.8 Å². The van der Waals surface area contributed by atoms with E-state index in [1.54, 1.807) is 0 Å². The third-order valence-corrected chi connectivity index (χ3v) is 4.30. The number of hydrogen-bond donors (Lipinski definition) is 2. The molecule has 1 aromatic rings. The monoisotopic (exact) mass is 337 g/mol. The Kier molecular flexibility index (Phi) is 5.36. The van der Waals surface area contributed by atoms with Crippen LogP contribution in [0.3, 0.4) is 0 Å². The van der Waals surface area contributed by atoms with Crippen molar-refractivity contribution in [1.82, 2.24) is 0 Å². The SMILES string of the molecule is C=Cc1cc(CC(N)C(=O)O)ccc1CS(=O)(=O)C(F)(F)F. The van der Waals surface area contributed by atoms with E-state index in [1.807, 2.05) is 0 Å². The molecule has 1 aromatic carbocycles. The average Bonchev–Trinajstić information content (AvgIpc) is 2.38. The van der Waals surface area contributed by atoms with Gasteiger partial charge in [0, 0.05) is 0 Å². The maximum atomic E-state index is 12.4. The van der Waals surface area contributed by atoms with Crippen LogP contribution in [0, 0.1) is 0 Å². The van der Waals surface area contributed by atoms with Gasteiger partial charge in [-0.3, -0.25) is 4.79 Å². The number of rotatable bonds is 6. The van der Waals surface area contributed by atoms with Crippen LogP contribution in [0.1, 0.15) is 16.7 Å². The summed E-state index contributed by atoms with van der Waals surface area (Å²) < 4.78 is 59.6. The van der Waals surface area contributed by atoms with Crippen molar-refractivity contribution in [3.8, 4) is 0 Å². The van der Waals surface area contributed by atoms with E-state index in [9.17, 15) is 26.4 Å². The molecular formula is C13H14F3NO4S. The zero-order valence-electron chi connectivity index (χ0n) is 11.3. The number of carbonyl (C=O) groups is 1. The first-order valence-electron chi connectivity index (χ1n) is 5.99. The topological polar surface area (TPSA) is 97.5 Å². The first-order chi connectivity index (χ1) is 9.98. The minimum absolute atomic E-state index is 0.0392. The Labute approximate surface area is 125 Å². The molecule has 0 aliphatic rings. The van der Waals surface area contributed by atoms with Crippen molar-refractivity contribution in [1.29, 1.82) is 0 Å². The van der Waals surface area contributed by atoms with Crippen LogP contribution in [-0.4, -0.2) is 31.0 Å². The number of alkyl halides is 3. The smallest absolute Gasteiger partial charge is 0.480 e. The molecule has 0 aliphatic heterocycles. The van der Waals surface area contributed by atoms with Gasteiger partial charge in [0.25, 0.3) is 9.84 Å². The predicted octanol–water partition coefficient (Wildman–Crippen LogP) is 1.72. The van der Waals surface area contributed by atoms with Gasteiger partial charge in [0.2, 0.25) is 0 Å². The van der Waals surface area contributed by atoms with Crippen LogP contribution in [0.25, 0.3) is 6.08 Å². The molecule has 3 N–H and O–H groups in total. The lowest BCUT2D eigenvalue weighted by Crippen LogP contribution is -2.32. The summed E-state index contributed by atoms with van der Waals surface area (Å²) in [5.41, 5.74) is 0.600. The predicted molar refractivity (Wildman–Crippen MR) is 74.5 cm³/mol. The van der Waals surface area contributed by atoms with Gasteiger partial charge in [-0.25, -0.2) is 8.42 Å². The normalized spacial score (nSPS) is 13.6. The molecule has 1 rings (SSSR count). The molecule has 0 spiro atoms. The van der Waals surface area contributed by atoms with Gasteiger partial charge < -0.3 is 10.8 Å². The molecule has 0 heterocycles. The van der Waals surface area contributed by atoms with Crippen LogP contribution < -0.4 is 5.73 Å². The van der Waals surface area contributed by atoms with E-state index < -0.39 is 33.1 Å². The summed E-state index contributed by atoms with van der Waals surface area (Å²) >= 11 is 0. The highest BCUT2D eigenvalue weighted by atomic mass is 32.2. The van der Waals surface area contributed by atoms with Gasteiger partial charge >= 0.3 is 11.5 Å². The van der Waals surface area contributed by atoms with Gasteiger partial charge in [0.05, 0.1) is 5.75 Å². The molecule has 5 nitrogen and oxygen atoms in total. The Morgan fingerprint density at radius 1 is 1.41 bits per heavy atom. The highest BCUT2D eigenvalue weighted by Crippen LogP contribution is 2.28. The second kappa shape index (κ2) is 6.49. The Bertz CT molecular complexity index is 683. The first kappa shape index (κ1) is 18.2. The van der Waals surface area contributed by atoms with E-state index in [2.05, 4.69) is 6.58 Å². The summed E-state index contributed by atoms with van der Waals surface area (Å²) in [5.74, 6) is -2.42. The second-order valence-corrected chi connectivity index (χ2v) is 6.57. The van der Waals surface area contributed by atoms with Crippen LogP contribution >= 0.6 is 0 Å². The fourth-order valence-electron chi connectivity index (χ4n) is 1.72. The Morgan fingerprint density at radius 3 is 2.45 bits per heavy atom. The quantitative estimate of drug-likeness (QED) is 0.824. The first-order valence-corrected chi connectivity index (χ1v) is 7.65. The van der Waals surface area contributed by atoms with E-state index in [0.29, 0.717) is 5.56 Å². The molecule has 0 bridgehead atoms. The van der Waals surface area contributed by atoms with Crippen molar-refractivity contribution in [3.05, 3.63) is 41.5 Å². The number of benzene rings is 1. The summed E-state index contributed by atoms with van der Waals surface area (Å²) in [7, 11) is -5.30. The van der Waals surface area contributed by atoms with Gasteiger partial charge in [-0.05, 0) is 23.1 Å². The zero-order valence-corrected chi connectivity index (χ0v) is 12.1. The molecule has 0 saturated carbocycles. The third-order valence-electron chi connectivity index (χ3n) is 2.90. The summed E-state index contributed by atoms with van der Waals surface area (Å²) in [5, 5.41) is 8.72. The minimum Gasteiger partial charge on any atom is -0.480 e. The lowest BCUT2D eigenvalue weighted by atomic mass is 10.0. The molecule has 0 fully saturated rings. The van der Waals surface area contributed by atoms with Crippen molar-refractivity contribution < 1.29 is 31.5 Å². The third kappa shape index (κ3) is 4.31. The molecule has 1 atom stereocenters. The maximum absolute atomic E-state index is 12.4. The van der Waals surface area contributed by atoms with Crippen molar-refractivity contribution in [2.45, 2.75) is 23.7 Å². The molecular weight excluding hydrogens is 323 g/mol. The molecule has 9 heteroatoms. The minimum atomic E-state index is -5.34. The van der Waals surface area contributed by atoms with E-state index in [-0.39, 0.29) is 17.5 Å². The molecule has 122 valence electrons. The Balaban J connectivity index is 3.10. The fraction of sp³-hybridized carbons (Fsp3) is 0.308. The lowest BCUT2D eigenvalue weighted by molar-refractivity contribution is -0.138. The van der Waals surface area contributed by atoms with Gasteiger partial charge in [0.1, 0.15) is 6.04 Å². The maximum Gasteiger partial charge on any atom is 0.497 e. The molecule has 0 amide bonds. The summed E-state index contributed by atoms with van der Waals surface area (Å²) in [6.07, 6.45) is 1.17. The van der Waals surface area contributed by atoms with Crippen molar-refractivity contribution >= 4 is 21.9 Å². The molecule has 0 saturated heterocycles. The molecule has 0 radical (unpaired) electrons. The van der Waals surface area contributed by atoms with Crippen molar-refractivity contribution in [3.63, 3.8) is 0 Å². The zero-order chi connectivity index (χ0) is 17.1. The van der Waals surface area contributed by atoms with Gasteiger partial charge in [-0.1, -0.05) is 30.9 Å². The van der Waals surface area contributed by atoms with Gasteiger partial charge in [-0.2, -0.15) is 13.2 Å². The largest absolute Gasteiger partial charge is 0.497 e. The summed E-state index contributed by atoms with van der Waals surface area (Å²) in [4.78, 5) is 10.7. The molecule has 1 unspecified atom stereocenters. The van der Waals surface area contributed by atoms with E-state index in [1.165, 1.54) is 24.3 Å². The highest BCUT2D eigenvalue weighted by molar-refractivity contribution is 7.91. The van der Waals surface area contributed by atoms with E-state index >= 15 is 0 Å². The Morgan fingerprint density at radius 2 is 2.00 bits per heavy atom. The molecule has 0 aromatic heterocycles. The number of sulfone groups is 1. The standard InChI is InChI=1S/C13H14F3NO4S/c1-2-9-5-8(6-11(17)12(18)19)3-4-10(9)7-22(20,21)13(14,15)16/h2-5,11H,1,6-7,17H2,(H,18,19). The number of carboxylic acids is 1. The van der Waals surface area contributed by atoms with Crippen LogP contribution in [0.5, 0.6) is 0 Å². The lowest BCUT2D eigenvalue weighted by Gasteiger charge is -2.12. The highest BCUT2D eigenvalue weighted by Gasteiger charge is 2.45. The van der Waals surface area contributed by atoms with Crippen LogP contribution in [-0.2, 0) is 26.8 Å². The van der Waals surface area contributed by atoms with E-state index in [0.717, 1.165) is 0 Å². The number of nitrogens with two attached hydrogens (primary N) is 1. The van der Waals surface area contributed by atoms with Gasteiger partial charge in [0.15, 0.2) is 0 Å². The fourth-order valence-corrected chi connectivity index (χ4v) is 2.56.